The van der Waals surface area contributed by atoms with Gasteiger partial charge in [-0.15, -0.1) is 0 Å². The molecule has 1 fully saturated rings. The molecule has 1 aliphatic rings. The number of halogens is 2. The molecule has 21 heavy (non-hydrogen) atoms. The fraction of sp³-hybridized carbons (Fsp3) is 0.667. The minimum Gasteiger partial charge on any atom is -0.313 e. The molecule has 1 aromatic rings. The van der Waals surface area contributed by atoms with Gasteiger partial charge in [0.2, 0.25) is 0 Å². The number of hydrogen-bond donors (Lipinski definition) is 1. The molecule has 0 aliphatic heterocycles. The highest BCUT2D eigenvalue weighted by Crippen LogP contribution is 2.32. The monoisotopic (exact) mass is 327 g/mol. The van der Waals surface area contributed by atoms with Crippen molar-refractivity contribution in [3.63, 3.8) is 0 Å². The van der Waals surface area contributed by atoms with Gasteiger partial charge < -0.3 is 5.32 Å². The second-order valence-electron chi connectivity index (χ2n) is 6.52. The van der Waals surface area contributed by atoms with Crippen LogP contribution < -0.4 is 5.32 Å². The fourth-order valence-electron chi connectivity index (χ4n) is 3.35. The van der Waals surface area contributed by atoms with E-state index in [0.717, 1.165) is 29.8 Å². The Morgan fingerprint density at radius 1 is 1.19 bits per heavy atom. The highest BCUT2D eigenvalue weighted by molar-refractivity contribution is 6.35. The van der Waals surface area contributed by atoms with Gasteiger partial charge in [0.15, 0.2) is 0 Å². The molecule has 1 aromatic carbocycles. The molecule has 0 aromatic heterocycles. The summed E-state index contributed by atoms with van der Waals surface area (Å²) in [7, 11) is 0. The van der Waals surface area contributed by atoms with Gasteiger partial charge in [-0.25, -0.2) is 0 Å². The molecule has 0 radical (unpaired) electrons. The zero-order valence-corrected chi connectivity index (χ0v) is 14.7. The quantitative estimate of drug-likeness (QED) is 0.703. The Balaban J connectivity index is 2.04. The number of hydrogen-bond acceptors (Lipinski definition) is 1. The van der Waals surface area contributed by atoms with E-state index in [-0.39, 0.29) is 0 Å². The maximum absolute atomic E-state index is 6.36. The Bertz CT molecular complexity index is 439. The van der Waals surface area contributed by atoms with E-state index in [9.17, 15) is 0 Å². The number of nitrogens with one attached hydrogen (secondary N) is 1. The summed E-state index contributed by atoms with van der Waals surface area (Å²) in [6, 6.07) is 6.42. The highest BCUT2D eigenvalue weighted by atomic mass is 35.5. The Morgan fingerprint density at radius 2 is 1.90 bits per heavy atom. The largest absolute Gasteiger partial charge is 0.313 e. The first-order valence-corrected chi connectivity index (χ1v) is 9.03. The highest BCUT2D eigenvalue weighted by Gasteiger charge is 2.26. The first kappa shape index (κ1) is 17.1. The van der Waals surface area contributed by atoms with Gasteiger partial charge >= 0.3 is 0 Å². The molecular weight excluding hydrogens is 301 g/mol. The van der Waals surface area contributed by atoms with Gasteiger partial charge in [-0.3, -0.25) is 0 Å². The second kappa shape index (κ2) is 8.41. The standard InChI is InChI=1S/C18H27Cl2N/c1-3-10-21-18(14-6-4-13(2)5-7-14)11-15-8-9-16(19)12-17(15)20/h8-9,12-14,18,21H,3-7,10-11H2,1-2H3. The van der Waals surface area contributed by atoms with Crippen LogP contribution >= 0.6 is 23.2 Å². The van der Waals surface area contributed by atoms with Crippen molar-refractivity contribution in [2.24, 2.45) is 11.8 Å². The minimum atomic E-state index is 0.538. The maximum atomic E-state index is 6.36. The molecule has 0 spiro atoms. The van der Waals surface area contributed by atoms with E-state index < -0.39 is 0 Å². The first-order valence-electron chi connectivity index (χ1n) is 8.27. The van der Waals surface area contributed by atoms with E-state index in [1.165, 1.54) is 37.7 Å². The molecule has 0 saturated heterocycles. The lowest BCUT2D eigenvalue weighted by molar-refractivity contribution is 0.229. The van der Waals surface area contributed by atoms with Crippen LogP contribution in [0.5, 0.6) is 0 Å². The van der Waals surface area contributed by atoms with Crippen molar-refractivity contribution in [2.75, 3.05) is 6.54 Å². The van der Waals surface area contributed by atoms with Gasteiger partial charge in [-0.05, 0) is 61.8 Å². The summed E-state index contributed by atoms with van der Waals surface area (Å²) in [6.45, 7) is 5.69. The molecule has 1 aliphatic carbocycles. The van der Waals surface area contributed by atoms with Crippen LogP contribution in [0.2, 0.25) is 10.0 Å². The normalized spacial score (nSPS) is 24.0. The molecule has 1 saturated carbocycles. The predicted octanol–water partition coefficient (Wildman–Crippen LogP) is 5.73. The van der Waals surface area contributed by atoms with Gasteiger partial charge in [-0.1, -0.05) is 56.0 Å². The molecule has 1 N–H and O–H groups in total. The van der Waals surface area contributed by atoms with Crippen molar-refractivity contribution in [1.82, 2.24) is 5.32 Å². The lowest BCUT2D eigenvalue weighted by Gasteiger charge is -2.33. The SMILES string of the molecule is CCCNC(Cc1ccc(Cl)cc1Cl)C1CCC(C)CC1. The number of benzene rings is 1. The summed E-state index contributed by atoms with van der Waals surface area (Å²) in [5, 5.41) is 5.27. The lowest BCUT2D eigenvalue weighted by atomic mass is 9.77. The number of rotatable bonds is 6. The summed E-state index contributed by atoms with van der Waals surface area (Å²) in [5.74, 6) is 1.67. The summed E-state index contributed by atoms with van der Waals surface area (Å²) in [4.78, 5) is 0. The summed E-state index contributed by atoms with van der Waals surface area (Å²) in [5.41, 5.74) is 1.22. The van der Waals surface area contributed by atoms with E-state index in [1.54, 1.807) is 0 Å². The van der Waals surface area contributed by atoms with Gasteiger partial charge in [0.1, 0.15) is 0 Å². The van der Waals surface area contributed by atoms with Crippen LogP contribution in [-0.4, -0.2) is 12.6 Å². The van der Waals surface area contributed by atoms with Crippen LogP contribution in [0.1, 0.15) is 51.5 Å². The summed E-state index contributed by atoms with van der Waals surface area (Å²) in [6.07, 6.45) is 7.59. The van der Waals surface area contributed by atoms with Crippen LogP contribution in [-0.2, 0) is 6.42 Å². The summed E-state index contributed by atoms with van der Waals surface area (Å²) < 4.78 is 0. The summed E-state index contributed by atoms with van der Waals surface area (Å²) >= 11 is 12.4. The molecule has 3 heteroatoms. The zero-order chi connectivity index (χ0) is 15.2. The lowest BCUT2D eigenvalue weighted by Crippen LogP contribution is -2.40. The molecule has 0 heterocycles. The van der Waals surface area contributed by atoms with Crippen LogP contribution in [0, 0.1) is 11.8 Å². The Hall–Kier alpha value is -0.240. The molecular formula is C18H27Cl2N. The van der Waals surface area contributed by atoms with E-state index in [0.29, 0.717) is 11.1 Å². The molecule has 2 rings (SSSR count). The Morgan fingerprint density at radius 3 is 2.52 bits per heavy atom. The van der Waals surface area contributed by atoms with Gasteiger partial charge in [0, 0.05) is 16.1 Å². The fourth-order valence-corrected chi connectivity index (χ4v) is 3.83. The molecule has 1 nitrogen and oxygen atoms in total. The van der Waals surface area contributed by atoms with E-state index in [1.807, 2.05) is 12.1 Å². The van der Waals surface area contributed by atoms with E-state index >= 15 is 0 Å². The van der Waals surface area contributed by atoms with Crippen LogP contribution in [0.4, 0.5) is 0 Å². The topological polar surface area (TPSA) is 12.0 Å². The Kier molecular flexibility index (Phi) is 6.85. The first-order chi connectivity index (χ1) is 10.1. The van der Waals surface area contributed by atoms with Crippen LogP contribution in [0.3, 0.4) is 0 Å². The van der Waals surface area contributed by atoms with E-state index in [4.69, 9.17) is 23.2 Å². The third kappa shape index (κ3) is 5.16. The third-order valence-electron chi connectivity index (χ3n) is 4.74. The van der Waals surface area contributed by atoms with Crippen molar-refractivity contribution < 1.29 is 0 Å². The van der Waals surface area contributed by atoms with Gasteiger partial charge in [-0.2, -0.15) is 0 Å². The van der Waals surface area contributed by atoms with Crippen molar-refractivity contribution in [2.45, 2.75) is 58.4 Å². The average Bonchev–Trinajstić information content (AvgIpc) is 2.46. The van der Waals surface area contributed by atoms with Crippen LogP contribution in [0.15, 0.2) is 18.2 Å². The molecule has 1 atom stereocenters. The molecule has 118 valence electrons. The van der Waals surface area contributed by atoms with Gasteiger partial charge in [0.25, 0.3) is 0 Å². The zero-order valence-electron chi connectivity index (χ0n) is 13.2. The van der Waals surface area contributed by atoms with Crippen molar-refractivity contribution in [3.8, 4) is 0 Å². The third-order valence-corrected chi connectivity index (χ3v) is 5.33. The molecule has 1 unspecified atom stereocenters. The maximum Gasteiger partial charge on any atom is 0.0453 e. The molecule has 0 bridgehead atoms. The Labute approximate surface area is 139 Å². The van der Waals surface area contributed by atoms with Crippen LogP contribution in [0.25, 0.3) is 0 Å². The van der Waals surface area contributed by atoms with Crippen molar-refractivity contribution >= 4 is 23.2 Å². The minimum absolute atomic E-state index is 0.538. The van der Waals surface area contributed by atoms with E-state index in [2.05, 4.69) is 25.2 Å². The van der Waals surface area contributed by atoms with Crippen molar-refractivity contribution in [1.29, 1.82) is 0 Å². The second-order valence-corrected chi connectivity index (χ2v) is 7.36. The van der Waals surface area contributed by atoms with Crippen molar-refractivity contribution in [3.05, 3.63) is 33.8 Å². The van der Waals surface area contributed by atoms with Gasteiger partial charge in [0.05, 0.1) is 0 Å². The average molecular weight is 328 g/mol. The molecule has 0 amide bonds. The predicted molar refractivity (Wildman–Crippen MR) is 93.4 cm³/mol. The smallest absolute Gasteiger partial charge is 0.0453 e.